The van der Waals surface area contributed by atoms with Gasteiger partial charge in [0.25, 0.3) is 0 Å². The number of oxazole rings is 1. The minimum absolute atomic E-state index is 0.172. The van der Waals surface area contributed by atoms with E-state index in [2.05, 4.69) is 34.9 Å². The van der Waals surface area contributed by atoms with Crippen molar-refractivity contribution in [3.8, 4) is 0 Å². The third kappa shape index (κ3) is 4.80. The zero-order valence-electron chi connectivity index (χ0n) is 15.2. The van der Waals surface area contributed by atoms with Crippen molar-refractivity contribution < 1.29 is 14.3 Å². The van der Waals surface area contributed by atoms with Crippen LogP contribution < -0.4 is 10.7 Å². The van der Waals surface area contributed by atoms with E-state index < -0.39 is 8.07 Å². The van der Waals surface area contributed by atoms with Gasteiger partial charge in [-0.3, -0.25) is 5.32 Å². The molecular formula is C17H24N4O3SSi. The molecule has 1 fully saturated rings. The van der Waals surface area contributed by atoms with Gasteiger partial charge in [0.05, 0.1) is 12.3 Å². The van der Waals surface area contributed by atoms with E-state index in [1.165, 1.54) is 11.3 Å². The fourth-order valence-electron chi connectivity index (χ4n) is 2.53. The molecule has 0 unspecified atom stereocenters. The fraction of sp³-hybridized carbons (Fsp3) is 0.471. The van der Waals surface area contributed by atoms with E-state index in [-0.39, 0.29) is 12.1 Å². The number of likely N-dealkylation sites (tertiary alicyclic amines) is 1. The molecule has 2 amide bonds. The van der Waals surface area contributed by atoms with Gasteiger partial charge in [0.1, 0.15) is 13.5 Å². The van der Waals surface area contributed by atoms with Gasteiger partial charge in [-0.25, -0.2) is 14.8 Å². The molecule has 3 rings (SSSR count). The molecule has 0 spiro atoms. The molecule has 140 valence electrons. The monoisotopic (exact) mass is 392 g/mol. The van der Waals surface area contributed by atoms with Crippen LogP contribution in [0.3, 0.4) is 0 Å². The van der Waals surface area contributed by atoms with Gasteiger partial charge in [0, 0.05) is 30.2 Å². The van der Waals surface area contributed by atoms with E-state index in [9.17, 15) is 9.90 Å². The first-order valence-electron chi connectivity index (χ1n) is 8.65. The molecule has 26 heavy (non-hydrogen) atoms. The van der Waals surface area contributed by atoms with Crippen LogP contribution in [0.4, 0.5) is 9.93 Å². The topological polar surface area (TPSA) is 91.5 Å². The van der Waals surface area contributed by atoms with Gasteiger partial charge in [-0.2, -0.15) is 0 Å². The number of aliphatic hydroxyl groups is 1. The normalized spacial score (nSPS) is 16.4. The molecule has 1 aliphatic heterocycles. The third-order valence-electron chi connectivity index (χ3n) is 4.14. The Morgan fingerprint density at radius 2 is 2.04 bits per heavy atom. The molecular weight excluding hydrogens is 368 g/mol. The maximum absolute atomic E-state index is 12.2. The van der Waals surface area contributed by atoms with E-state index in [1.54, 1.807) is 17.3 Å². The minimum atomic E-state index is -1.50. The van der Waals surface area contributed by atoms with Crippen molar-refractivity contribution in [3.63, 3.8) is 0 Å². The van der Waals surface area contributed by atoms with Gasteiger partial charge in [0.15, 0.2) is 5.13 Å². The second-order valence-corrected chi connectivity index (χ2v) is 13.4. The van der Waals surface area contributed by atoms with Gasteiger partial charge < -0.3 is 14.4 Å². The minimum Gasteiger partial charge on any atom is -0.447 e. The predicted molar refractivity (Wildman–Crippen MR) is 106 cm³/mol. The molecule has 0 aliphatic carbocycles. The number of aliphatic hydroxyl groups excluding tert-OH is 1. The Morgan fingerprint density at radius 3 is 2.69 bits per heavy atom. The molecule has 0 saturated carbocycles. The van der Waals surface area contributed by atoms with Crippen LogP contribution in [0.15, 0.2) is 16.8 Å². The summed E-state index contributed by atoms with van der Waals surface area (Å²) in [6.45, 7) is 7.76. The van der Waals surface area contributed by atoms with Gasteiger partial charge in [0.2, 0.25) is 5.89 Å². The summed E-state index contributed by atoms with van der Waals surface area (Å²) in [5, 5.41) is 13.9. The van der Waals surface area contributed by atoms with Crippen molar-refractivity contribution in [3.05, 3.63) is 23.2 Å². The summed E-state index contributed by atoms with van der Waals surface area (Å²) in [5.41, 5.74) is 0. The van der Waals surface area contributed by atoms with Crippen molar-refractivity contribution in [1.82, 2.24) is 14.9 Å². The number of nitrogens with one attached hydrogen (secondary N) is 1. The molecule has 3 heterocycles. The van der Waals surface area contributed by atoms with Crippen LogP contribution in [0.2, 0.25) is 19.6 Å². The summed E-state index contributed by atoms with van der Waals surface area (Å²) in [6, 6.07) is -0.172. The number of urea groups is 1. The highest BCUT2D eigenvalue weighted by Gasteiger charge is 2.22. The van der Waals surface area contributed by atoms with Crippen molar-refractivity contribution in [1.29, 1.82) is 0 Å². The van der Waals surface area contributed by atoms with Crippen LogP contribution in [-0.4, -0.2) is 53.3 Å². The van der Waals surface area contributed by atoms with Gasteiger partial charge >= 0.3 is 6.03 Å². The molecule has 2 N–H and O–H groups in total. The molecule has 1 saturated heterocycles. The van der Waals surface area contributed by atoms with Crippen molar-refractivity contribution in [2.75, 3.05) is 18.4 Å². The summed E-state index contributed by atoms with van der Waals surface area (Å²) in [6.07, 6.45) is 8.15. The number of anilines is 1. The summed E-state index contributed by atoms with van der Waals surface area (Å²) >= 11 is 1.39. The number of hydrogen-bond acceptors (Lipinski definition) is 6. The van der Waals surface area contributed by atoms with Gasteiger partial charge in [-0.15, -0.1) is 0 Å². The quantitative estimate of drug-likeness (QED) is 0.781. The Balaban J connectivity index is 1.57. The van der Waals surface area contributed by atoms with Crippen molar-refractivity contribution in [2.24, 2.45) is 0 Å². The van der Waals surface area contributed by atoms with Crippen LogP contribution in [0.1, 0.15) is 23.6 Å². The number of amides is 2. The number of nitrogens with zero attached hydrogens (tertiary/aromatic N) is 3. The Bertz CT molecular complexity index is 788. The summed E-state index contributed by atoms with van der Waals surface area (Å²) in [7, 11) is -1.50. The first kappa shape index (κ1) is 18.8. The van der Waals surface area contributed by atoms with E-state index in [4.69, 9.17) is 4.42 Å². The molecule has 2 aromatic heterocycles. The van der Waals surface area contributed by atoms with Gasteiger partial charge in [-0.05, 0) is 18.9 Å². The van der Waals surface area contributed by atoms with E-state index in [0.717, 1.165) is 10.3 Å². The SMILES string of the molecule is C[Si](C)(C)c1cnc(C=Cc2cnc(NC(=O)N3CCC(O)CC3)s2)o1. The van der Waals surface area contributed by atoms with Crippen LogP contribution in [0.25, 0.3) is 12.2 Å². The number of aromatic nitrogens is 2. The molecule has 9 heteroatoms. The molecule has 0 aromatic carbocycles. The Morgan fingerprint density at radius 1 is 1.31 bits per heavy atom. The Labute approximate surface area is 157 Å². The Kier molecular flexibility index (Phi) is 5.59. The number of rotatable bonds is 4. The summed E-state index contributed by atoms with van der Waals surface area (Å²) in [5.74, 6) is 0.577. The predicted octanol–water partition coefficient (Wildman–Crippen LogP) is 2.84. The second-order valence-electron chi connectivity index (χ2n) is 7.36. The molecule has 2 aromatic rings. The van der Waals surface area contributed by atoms with E-state index in [1.807, 2.05) is 12.2 Å². The first-order chi connectivity index (χ1) is 12.3. The molecule has 0 radical (unpaired) electrons. The molecule has 0 bridgehead atoms. The number of thiazole rings is 1. The van der Waals surface area contributed by atoms with Gasteiger partial charge in [-0.1, -0.05) is 31.0 Å². The third-order valence-corrected chi connectivity index (χ3v) is 6.73. The first-order valence-corrected chi connectivity index (χ1v) is 13.0. The van der Waals surface area contributed by atoms with Crippen LogP contribution in [0.5, 0.6) is 0 Å². The van der Waals surface area contributed by atoms with E-state index >= 15 is 0 Å². The largest absolute Gasteiger partial charge is 0.447 e. The standard InChI is InChI=1S/C17H24N4O3SSi/c1-26(2,3)15-11-18-14(24-15)5-4-13-10-19-16(25-13)20-17(23)21-8-6-12(22)7-9-21/h4-5,10-12,22H,6-9H2,1-3H3,(H,19,20,23). The highest BCUT2D eigenvalue weighted by Crippen LogP contribution is 2.21. The lowest BCUT2D eigenvalue weighted by molar-refractivity contribution is 0.0972. The number of carbonyl (C=O) groups excluding carboxylic acids is 1. The van der Waals surface area contributed by atoms with Crippen molar-refractivity contribution in [2.45, 2.75) is 38.6 Å². The summed E-state index contributed by atoms with van der Waals surface area (Å²) in [4.78, 5) is 23.4. The lowest BCUT2D eigenvalue weighted by Gasteiger charge is -2.29. The number of carbonyl (C=O) groups is 1. The molecule has 1 aliphatic rings. The van der Waals surface area contributed by atoms with Crippen LogP contribution in [0, 0.1) is 0 Å². The lowest BCUT2D eigenvalue weighted by atomic mass is 10.1. The molecule has 0 atom stereocenters. The lowest BCUT2D eigenvalue weighted by Crippen LogP contribution is -2.42. The average molecular weight is 393 g/mol. The maximum Gasteiger partial charge on any atom is 0.323 e. The number of piperidine rings is 1. The van der Waals surface area contributed by atoms with Crippen LogP contribution in [-0.2, 0) is 0 Å². The maximum atomic E-state index is 12.2. The summed E-state index contributed by atoms with van der Waals surface area (Å²) < 4.78 is 5.78. The van der Waals surface area contributed by atoms with Crippen molar-refractivity contribution >= 4 is 48.1 Å². The highest BCUT2D eigenvalue weighted by molar-refractivity contribution is 7.16. The molecule has 7 nitrogen and oxygen atoms in total. The highest BCUT2D eigenvalue weighted by atomic mass is 32.1. The fourth-order valence-corrected chi connectivity index (χ4v) is 4.10. The zero-order chi connectivity index (χ0) is 18.7. The average Bonchev–Trinajstić information content (AvgIpc) is 3.22. The van der Waals surface area contributed by atoms with E-state index in [0.29, 0.717) is 37.0 Å². The zero-order valence-corrected chi connectivity index (χ0v) is 17.0. The smallest absolute Gasteiger partial charge is 0.323 e. The second kappa shape index (κ2) is 7.73. The number of hydrogen-bond donors (Lipinski definition) is 2. The Hall–Kier alpha value is -1.97. The van der Waals surface area contributed by atoms with Crippen LogP contribution >= 0.6 is 11.3 Å².